The standard InChI is InChI=1S/C16H18BrNO/c1-12(14-5-3-2-4-6-14)7-16(19)9-13-8-15(17)11-18-10-13/h2-6,8,10-12,16,19H,7,9H2,1H3. The lowest BCUT2D eigenvalue weighted by Crippen LogP contribution is -2.14. The van der Waals surface area contributed by atoms with Crippen molar-refractivity contribution < 1.29 is 5.11 Å². The molecule has 0 amide bonds. The molecule has 0 bridgehead atoms. The van der Waals surface area contributed by atoms with Gasteiger partial charge < -0.3 is 5.11 Å². The Hall–Kier alpha value is -1.19. The summed E-state index contributed by atoms with van der Waals surface area (Å²) in [5.41, 5.74) is 2.33. The molecule has 19 heavy (non-hydrogen) atoms. The van der Waals surface area contributed by atoms with E-state index in [4.69, 9.17) is 0 Å². The fourth-order valence-electron chi connectivity index (χ4n) is 2.25. The molecule has 0 aliphatic rings. The van der Waals surface area contributed by atoms with E-state index in [1.54, 1.807) is 12.4 Å². The molecular weight excluding hydrogens is 302 g/mol. The van der Waals surface area contributed by atoms with Crippen molar-refractivity contribution in [3.63, 3.8) is 0 Å². The third kappa shape index (κ3) is 4.44. The maximum atomic E-state index is 10.2. The molecule has 0 aliphatic heterocycles. The van der Waals surface area contributed by atoms with Gasteiger partial charge in [0.25, 0.3) is 0 Å². The molecule has 2 nitrogen and oxygen atoms in total. The maximum Gasteiger partial charge on any atom is 0.0586 e. The van der Waals surface area contributed by atoms with Crippen molar-refractivity contribution in [2.45, 2.75) is 31.8 Å². The lowest BCUT2D eigenvalue weighted by atomic mass is 9.93. The molecule has 0 aliphatic carbocycles. The van der Waals surface area contributed by atoms with E-state index in [9.17, 15) is 5.11 Å². The monoisotopic (exact) mass is 319 g/mol. The summed E-state index contributed by atoms with van der Waals surface area (Å²) in [5.74, 6) is 0.358. The van der Waals surface area contributed by atoms with E-state index in [2.05, 4.69) is 40.0 Å². The summed E-state index contributed by atoms with van der Waals surface area (Å²) in [7, 11) is 0. The van der Waals surface area contributed by atoms with E-state index in [0.717, 1.165) is 16.5 Å². The number of hydrogen-bond acceptors (Lipinski definition) is 2. The number of hydrogen-bond donors (Lipinski definition) is 1. The van der Waals surface area contributed by atoms with Gasteiger partial charge >= 0.3 is 0 Å². The van der Waals surface area contributed by atoms with E-state index in [0.29, 0.717) is 12.3 Å². The highest BCUT2D eigenvalue weighted by Crippen LogP contribution is 2.22. The average molecular weight is 320 g/mol. The number of aromatic nitrogens is 1. The zero-order chi connectivity index (χ0) is 13.7. The highest BCUT2D eigenvalue weighted by molar-refractivity contribution is 9.10. The van der Waals surface area contributed by atoms with Gasteiger partial charge in [-0.05, 0) is 51.9 Å². The van der Waals surface area contributed by atoms with E-state index >= 15 is 0 Å². The van der Waals surface area contributed by atoms with Crippen LogP contribution >= 0.6 is 15.9 Å². The predicted molar refractivity (Wildman–Crippen MR) is 81.1 cm³/mol. The first-order valence-corrected chi connectivity index (χ1v) is 7.27. The van der Waals surface area contributed by atoms with Gasteiger partial charge in [-0.25, -0.2) is 0 Å². The Morgan fingerprint density at radius 3 is 2.63 bits per heavy atom. The van der Waals surface area contributed by atoms with Crippen LogP contribution in [0.5, 0.6) is 0 Å². The zero-order valence-electron chi connectivity index (χ0n) is 11.0. The van der Waals surface area contributed by atoms with Gasteiger partial charge in [0.05, 0.1) is 6.10 Å². The third-order valence-corrected chi connectivity index (χ3v) is 3.66. The molecule has 0 radical (unpaired) electrons. The van der Waals surface area contributed by atoms with Gasteiger partial charge in [-0.1, -0.05) is 37.3 Å². The summed E-state index contributed by atoms with van der Waals surface area (Å²) in [4.78, 5) is 4.12. The minimum absolute atomic E-state index is 0.341. The van der Waals surface area contributed by atoms with Gasteiger partial charge in [0.15, 0.2) is 0 Å². The first kappa shape index (κ1) is 14.2. The molecular formula is C16H18BrNO. The van der Waals surface area contributed by atoms with Crippen molar-refractivity contribution in [2.24, 2.45) is 0 Å². The Bertz CT molecular complexity index is 515. The first-order chi connectivity index (χ1) is 9.15. The number of benzene rings is 1. The summed E-state index contributed by atoms with van der Waals surface area (Å²) in [6.07, 6.45) is 4.62. The van der Waals surface area contributed by atoms with Crippen molar-refractivity contribution in [3.8, 4) is 0 Å². The van der Waals surface area contributed by atoms with Crippen LogP contribution in [0.3, 0.4) is 0 Å². The van der Waals surface area contributed by atoms with Crippen molar-refractivity contribution >= 4 is 15.9 Å². The molecule has 2 unspecified atom stereocenters. The summed E-state index contributed by atoms with van der Waals surface area (Å²) < 4.78 is 0.952. The predicted octanol–water partition coefficient (Wildman–Crippen LogP) is 3.94. The van der Waals surface area contributed by atoms with Crippen LogP contribution in [-0.4, -0.2) is 16.2 Å². The maximum absolute atomic E-state index is 10.2. The molecule has 0 spiro atoms. The van der Waals surface area contributed by atoms with Gasteiger partial charge in [0.1, 0.15) is 0 Å². The second kappa shape index (κ2) is 6.83. The van der Waals surface area contributed by atoms with Crippen LogP contribution in [0.1, 0.15) is 30.4 Å². The second-order valence-corrected chi connectivity index (χ2v) is 5.83. The van der Waals surface area contributed by atoms with Gasteiger partial charge in [-0.2, -0.15) is 0 Å². The highest BCUT2D eigenvalue weighted by atomic mass is 79.9. The smallest absolute Gasteiger partial charge is 0.0586 e. The van der Waals surface area contributed by atoms with Crippen molar-refractivity contribution in [1.29, 1.82) is 0 Å². The van der Waals surface area contributed by atoms with E-state index in [1.807, 2.05) is 24.3 Å². The number of halogens is 1. The molecule has 2 aromatic rings. The van der Waals surface area contributed by atoms with Gasteiger partial charge in [-0.15, -0.1) is 0 Å². The lowest BCUT2D eigenvalue weighted by molar-refractivity contribution is 0.157. The number of rotatable bonds is 5. The van der Waals surface area contributed by atoms with E-state index in [1.165, 1.54) is 5.56 Å². The second-order valence-electron chi connectivity index (χ2n) is 4.92. The van der Waals surface area contributed by atoms with Crippen LogP contribution in [0.2, 0.25) is 0 Å². The average Bonchev–Trinajstić information content (AvgIpc) is 2.39. The summed E-state index contributed by atoms with van der Waals surface area (Å²) in [6, 6.07) is 12.3. The zero-order valence-corrected chi connectivity index (χ0v) is 12.5. The molecule has 0 fully saturated rings. The third-order valence-electron chi connectivity index (χ3n) is 3.23. The van der Waals surface area contributed by atoms with Crippen molar-refractivity contribution in [1.82, 2.24) is 4.98 Å². The normalized spacial score (nSPS) is 14.1. The Morgan fingerprint density at radius 2 is 1.95 bits per heavy atom. The molecule has 2 atom stereocenters. The van der Waals surface area contributed by atoms with Crippen LogP contribution in [0.15, 0.2) is 53.3 Å². The summed E-state index contributed by atoms with van der Waals surface area (Å²) in [6.45, 7) is 2.15. The molecule has 1 heterocycles. The lowest BCUT2D eigenvalue weighted by Gasteiger charge is -2.17. The SMILES string of the molecule is CC(CC(O)Cc1cncc(Br)c1)c1ccccc1. The Kier molecular flexibility index (Phi) is 5.11. The van der Waals surface area contributed by atoms with Gasteiger partial charge in [0, 0.05) is 16.9 Å². The quantitative estimate of drug-likeness (QED) is 0.905. The molecule has 3 heteroatoms. The van der Waals surface area contributed by atoms with Gasteiger partial charge in [-0.3, -0.25) is 4.98 Å². The minimum atomic E-state index is -0.341. The Balaban J connectivity index is 1.92. The summed E-state index contributed by atoms with van der Waals surface area (Å²) >= 11 is 3.40. The van der Waals surface area contributed by atoms with E-state index < -0.39 is 0 Å². The summed E-state index contributed by atoms with van der Waals surface area (Å²) in [5, 5.41) is 10.2. The number of nitrogens with zero attached hydrogens (tertiary/aromatic N) is 1. The van der Waals surface area contributed by atoms with Crippen LogP contribution in [0, 0.1) is 0 Å². The molecule has 0 saturated carbocycles. The number of pyridine rings is 1. The fraction of sp³-hybridized carbons (Fsp3) is 0.312. The van der Waals surface area contributed by atoms with Crippen LogP contribution < -0.4 is 0 Å². The fourth-order valence-corrected chi connectivity index (χ4v) is 2.66. The number of aliphatic hydroxyl groups is 1. The van der Waals surface area contributed by atoms with Crippen molar-refractivity contribution in [3.05, 3.63) is 64.4 Å². The molecule has 1 aromatic carbocycles. The van der Waals surface area contributed by atoms with Crippen LogP contribution in [0.4, 0.5) is 0 Å². The first-order valence-electron chi connectivity index (χ1n) is 6.47. The minimum Gasteiger partial charge on any atom is -0.393 e. The van der Waals surface area contributed by atoms with Crippen LogP contribution in [0.25, 0.3) is 0 Å². The van der Waals surface area contributed by atoms with E-state index in [-0.39, 0.29) is 6.10 Å². The topological polar surface area (TPSA) is 33.1 Å². The molecule has 1 aromatic heterocycles. The molecule has 0 saturated heterocycles. The highest BCUT2D eigenvalue weighted by Gasteiger charge is 2.13. The van der Waals surface area contributed by atoms with Crippen molar-refractivity contribution in [2.75, 3.05) is 0 Å². The number of aliphatic hydroxyl groups excluding tert-OH is 1. The largest absolute Gasteiger partial charge is 0.393 e. The Labute approximate surface area is 122 Å². The van der Waals surface area contributed by atoms with Gasteiger partial charge in [0.2, 0.25) is 0 Å². The molecule has 2 rings (SSSR count). The van der Waals surface area contributed by atoms with Crippen LogP contribution in [-0.2, 0) is 6.42 Å². The molecule has 1 N–H and O–H groups in total. The molecule has 100 valence electrons. The Morgan fingerprint density at radius 1 is 1.21 bits per heavy atom.